The average molecular weight is 268 g/mol. The van der Waals surface area contributed by atoms with Gasteiger partial charge in [0.15, 0.2) is 0 Å². The minimum absolute atomic E-state index is 0.0854. The van der Waals surface area contributed by atoms with E-state index >= 15 is 0 Å². The second-order valence-electron chi connectivity index (χ2n) is 4.58. The van der Waals surface area contributed by atoms with Crippen LogP contribution in [0, 0.1) is 5.92 Å². The van der Waals surface area contributed by atoms with Gasteiger partial charge in [0.1, 0.15) is 5.75 Å². The zero-order valence-corrected chi connectivity index (χ0v) is 11.3. The molecule has 1 saturated carbocycles. The van der Waals surface area contributed by atoms with Crippen LogP contribution >= 0.6 is 11.6 Å². The van der Waals surface area contributed by atoms with Gasteiger partial charge >= 0.3 is 0 Å². The molecule has 0 saturated heterocycles. The quantitative estimate of drug-likeness (QED) is 0.801. The average Bonchev–Trinajstić information content (AvgIpc) is 3.15. The molecule has 2 rings (SSSR count). The number of benzene rings is 1. The first-order valence-corrected chi connectivity index (χ1v) is 6.88. The molecule has 0 spiro atoms. The van der Waals surface area contributed by atoms with E-state index in [0.717, 1.165) is 17.0 Å². The zero-order chi connectivity index (χ0) is 13.0. The van der Waals surface area contributed by atoms with E-state index in [2.05, 4.69) is 5.32 Å². The molecule has 1 aliphatic carbocycles. The first-order chi connectivity index (χ1) is 8.72. The van der Waals surface area contributed by atoms with Gasteiger partial charge in [-0.3, -0.25) is 4.79 Å². The monoisotopic (exact) mass is 267 g/mol. The standard InChI is InChI=1S/C14H18ClNO2/c1-2-18-13-6-5-12(8-11(13)9-15)16-14(17)7-10-3-4-10/h5-6,8,10H,2-4,7,9H2,1H3,(H,16,17). The van der Waals surface area contributed by atoms with E-state index in [0.29, 0.717) is 24.8 Å². The molecule has 18 heavy (non-hydrogen) atoms. The maximum absolute atomic E-state index is 11.7. The summed E-state index contributed by atoms with van der Waals surface area (Å²) in [5.41, 5.74) is 1.70. The largest absolute Gasteiger partial charge is 0.494 e. The normalized spacial score (nSPS) is 14.3. The number of amides is 1. The summed E-state index contributed by atoms with van der Waals surface area (Å²) in [5, 5.41) is 2.90. The van der Waals surface area contributed by atoms with Crippen LogP contribution < -0.4 is 10.1 Å². The lowest BCUT2D eigenvalue weighted by Gasteiger charge is -2.11. The highest BCUT2D eigenvalue weighted by atomic mass is 35.5. The Labute approximate surface area is 112 Å². The first-order valence-electron chi connectivity index (χ1n) is 6.34. The van der Waals surface area contributed by atoms with Crippen molar-refractivity contribution in [2.24, 2.45) is 5.92 Å². The van der Waals surface area contributed by atoms with E-state index in [9.17, 15) is 4.79 Å². The summed E-state index contributed by atoms with van der Waals surface area (Å²) < 4.78 is 5.47. The fourth-order valence-corrected chi connectivity index (χ4v) is 2.06. The lowest BCUT2D eigenvalue weighted by atomic mass is 10.2. The minimum atomic E-state index is 0.0854. The highest BCUT2D eigenvalue weighted by molar-refractivity contribution is 6.17. The van der Waals surface area contributed by atoms with Gasteiger partial charge in [0.25, 0.3) is 0 Å². The molecule has 1 amide bonds. The van der Waals surface area contributed by atoms with Crippen LogP contribution in [0.2, 0.25) is 0 Å². The van der Waals surface area contributed by atoms with E-state index in [4.69, 9.17) is 16.3 Å². The van der Waals surface area contributed by atoms with Crippen molar-refractivity contribution in [2.75, 3.05) is 11.9 Å². The molecule has 0 radical (unpaired) electrons. The van der Waals surface area contributed by atoms with Crippen molar-refractivity contribution in [3.63, 3.8) is 0 Å². The van der Waals surface area contributed by atoms with Gasteiger partial charge in [-0.2, -0.15) is 0 Å². The Morgan fingerprint density at radius 3 is 2.89 bits per heavy atom. The number of halogens is 1. The Morgan fingerprint density at radius 1 is 1.50 bits per heavy atom. The van der Waals surface area contributed by atoms with Crippen LogP contribution in [-0.2, 0) is 10.7 Å². The van der Waals surface area contributed by atoms with Gasteiger partial charge in [0, 0.05) is 17.7 Å². The Kier molecular flexibility index (Phi) is 4.48. The lowest BCUT2D eigenvalue weighted by molar-refractivity contribution is -0.116. The molecule has 0 aliphatic heterocycles. The van der Waals surface area contributed by atoms with Crippen molar-refractivity contribution in [3.8, 4) is 5.75 Å². The maximum atomic E-state index is 11.7. The van der Waals surface area contributed by atoms with Crippen molar-refractivity contribution in [1.29, 1.82) is 0 Å². The van der Waals surface area contributed by atoms with E-state index in [1.54, 1.807) is 0 Å². The zero-order valence-electron chi connectivity index (χ0n) is 10.5. The van der Waals surface area contributed by atoms with Crippen LogP contribution in [0.15, 0.2) is 18.2 Å². The third kappa shape index (κ3) is 3.64. The van der Waals surface area contributed by atoms with E-state index < -0.39 is 0 Å². The summed E-state index contributed by atoms with van der Waals surface area (Å²) in [6.07, 6.45) is 3.00. The molecular formula is C14H18ClNO2. The summed E-state index contributed by atoms with van der Waals surface area (Å²) in [6, 6.07) is 5.59. The molecule has 1 fully saturated rings. The second kappa shape index (κ2) is 6.10. The maximum Gasteiger partial charge on any atom is 0.224 e. The molecule has 0 heterocycles. The molecule has 1 N–H and O–H groups in total. The molecule has 0 atom stereocenters. The summed E-state index contributed by atoms with van der Waals surface area (Å²) in [4.78, 5) is 11.7. The fourth-order valence-electron chi connectivity index (χ4n) is 1.85. The smallest absolute Gasteiger partial charge is 0.224 e. The highest BCUT2D eigenvalue weighted by Crippen LogP contribution is 2.32. The van der Waals surface area contributed by atoms with Crippen molar-refractivity contribution in [3.05, 3.63) is 23.8 Å². The number of ether oxygens (including phenoxy) is 1. The van der Waals surface area contributed by atoms with Crippen LogP contribution in [0.3, 0.4) is 0 Å². The predicted octanol–water partition coefficient (Wildman–Crippen LogP) is 3.56. The van der Waals surface area contributed by atoms with E-state index in [1.807, 2.05) is 25.1 Å². The molecule has 0 aromatic heterocycles. The Bertz CT molecular complexity index is 430. The van der Waals surface area contributed by atoms with Crippen molar-refractivity contribution < 1.29 is 9.53 Å². The van der Waals surface area contributed by atoms with Gasteiger partial charge in [0.05, 0.1) is 12.5 Å². The van der Waals surface area contributed by atoms with Crippen LogP contribution in [0.1, 0.15) is 31.7 Å². The summed E-state index contributed by atoms with van der Waals surface area (Å²) >= 11 is 5.88. The Morgan fingerprint density at radius 2 is 2.28 bits per heavy atom. The number of carbonyl (C=O) groups is 1. The van der Waals surface area contributed by atoms with Gasteiger partial charge in [-0.1, -0.05) is 0 Å². The fraction of sp³-hybridized carbons (Fsp3) is 0.500. The molecule has 0 bridgehead atoms. The molecule has 1 aliphatic rings. The molecule has 3 nitrogen and oxygen atoms in total. The second-order valence-corrected chi connectivity index (χ2v) is 4.85. The number of rotatable bonds is 6. The topological polar surface area (TPSA) is 38.3 Å². The molecule has 1 aromatic rings. The van der Waals surface area contributed by atoms with Crippen LogP contribution in [0.4, 0.5) is 5.69 Å². The first kappa shape index (κ1) is 13.2. The third-order valence-corrected chi connectivity index (χ3v) is 3.25. The minimum Gasteiger partial charge on any atom is -0.494 e. The van der Waals surface area contributed by atoms with Crippen LogP contribution in [0.25, 0.3) is 0 Å². The SMILES string of the molecule is CCOc1ccc(NC(=O)CC2CC2)cc1CCl. The molecule has 0 unspecified atom stereocenters. The number of hydrogen-bond donors (Lipinski definition) is 1. The van der Waals surface area contributed by atoms with Gasteiger partial charge in [-0.25, -0.2) is 0 Å². The molecule has 1 aromatic carbocycles. The number of anilines is 1. The molecule has 98 valence electrons. The third-order valence-electron chi connectivity index (χ3n) is 2.96. The van der Waals surface area contributed by atoms with E-state index in [-0.39, 0.29) is 5.91 Å². The lowest BCUT2D eigenvalue weighted by Crippen LogP contribution is -2.12. The summed E-state index contributed by atoms with van der Waals surface area (Å²) in [7, 11) is 0. The number of carbonyl (C=O) groups excluding carboxylic acids is 1. The van der Waals surface area contributed by atoms with Crippen molar-refractivity contribution in [2.45, 2.75) is 32.1 Å². The summed E-state index contributed by atoms with van der Waals surface area (Å²) in [5.74, 6) is 1.84. The van der Waals surface area contributed by atoms with Gasteiger partial charge in [-0.15, -0.1) is 11.6 Å². The highest BCUT2D eigenvalue weighted by Gasteiger charge is 2.24. The Balaban J connectivity index is 2.01. The van der Waals surface area contributed by atoms with Crippen LogP contribution in [0.5, 0.6) is 5.75 Å². The number of alkyl halides is 1. The Hall–Kier alpha value is -1.22. The predicted molar refractivity (Wildman–Crippen MR) is 73.1 cm³/mol. The van der Waals surface area contributed by atoms with E-state index in [1.165, 1.54) is 12.8 Å². The van der Waals surface area contributed by atoms with Crippen molar-refractivity contribution in [1.82, 2.24) is 0 Å². The van der Waals surface area contributed by atoms with Gasteiger partial charge in [-0.05, 0) is 43.9 Å². The summed E-state index contributed by atoms with van der Waals surface area (Å²) in [6.45, 7) is 2.54. The van der Waals surface area contributed by atoms with Crippen LogP contribution in [-0.4, -0.2) is 12.5 Å². The number of hydrogen-bond acceptors (Lipinski definition) is 2. The van der Waals surface area contributed by atoms with Gasteiger partial charge < -0.3 is 10.1 Å². The van der Waals surface area contributed by atoms with Gasteiger partial charge in [0.2, 0.25) is 5.91 Å². The number of nitrogens with one attached hydrogen (secondary N) is 1. The van der Waals surface area contributed by atoms with Crippen molar-refractivity contribution >= 4 is 23.2 Å². The molecular weight excluding hydrogens is 250 g/mol. The molecule has 4 heteroatoms.